The summed E-state index contributed by atoms with van der Waals surface area (Å²) in [5.41, 5.74) is 1.28. The number of ether oxygens (including phenoxy) is 1. The summed E-state index contributed by atoms with van der Waals surface area (Å²) >= 11 is 5.71. The van der Waals surface area contributed by atoms with E-state index in [4.69, 9.17) is 20.8 Å². The Labute approximate surface area is 154 Å². The van der Waals surface area contributed by atoms with Crippen molar-refractivity contribution in [3.8, 4) is 5.75 Å². The number of aryl methyl sites for hydroxylation is 2. The van der Waals surface area contributed by atoms with Gasteiger partial charge in [0.15, 0.2) is 0 Å². The Morgan fingerprint density at radius 2 is 2.15 bits per heavy atom. The molecule has 0 aliphatic rings. The molecule has 26 heavy (non-hydrogen) atoms. The van der Waals surface area contributed by atoms with Crippen LogP contribution in [0.3, 0.4) is 0 Å². The van der Waals surface area contributed by atoms with Crippen molar-refractivity contribution in [3.05, 3.63) is 76.2 Å². The Bertz CT molecular complexity index is 975. The van der Waals surface area contributed by atoms with E-state index in [2.05, 4.69) is 5.10 Å². The van der Waals surface area contributed by atoms with Crippen molar-refractivity contribution in [2.75, 3.05) is 0 Å². The first-order chi connectivity index (χ1) is 12.4. The monoisotopic (exact) mass is 374 g/mol. The number of hydrogen-bond donors (Lipinski definition) is 0. The van der Waals surface area contributed by atoms with E-state index in [1.165, 1.54) is 29.0 Å². The lowest BCUT2D eigenvalue weighted by molar-refractivity contribution is 0.103. The molecule has 2 aromatic heterocycles. The normalized spacial score (nSPS) is 11.2. The molecule has 134 valence electrons. The zero-order valence-electron chi connectivity index (χ0n) is 14.2. The van der Waals surface area contributed by atoms with Gasteiger partial charge in [0.25, 0.3) is 0 Å². The molecule has 0 spiro atoms. The molecule has 0 aliphatic carbocycles. The van der Waals surface area contributed by atoms with Crippen LogP contribution in [0.25, 0.3) is 6.08 Å². The van der Waals surface area contributed by atoms with Gasteiger partial charge in [0, 0.05) is 13.1 Å². The number of rotatable bonds is 6. The molecule has 0 unspecified atom stereocenters. The Balaban J connectivity index is 1.61. The van der Waals surface area contributed by atoms with E-state index in [0.29, 0.717) is 23.0 Å². The molecule has 5 nitrogen and oxygen atoms in total. The minimum Gasteiger partial charge on any atom is -0.486 e. The van der Waals surface area contributed by atoms with Crippen molar-refractivity contribution in [3.63, 3.8) is 0 Å². The van der Waals surface area contributed by atoms with Crippen LogP contribution < -0.4 is 4.74 Å². The fourth-order valence-electron chi connectivity index (χ4n) is 2.37. The van der Waals surface area contributed by atoms with Gasteiger partial charge in [-0.1, -0.05) is 11.6 Å². The highest BCUT2D eigenvalue weighted by Gasteiger charge is 2.09. The summed E-state index contributed by atoms with van der Waals surface area (Å²) in [5.74, 6) is 0.856. The third-order valence-electron chi connectivity index (χ3n) is 3.61. The Kier molecular flexibility index (Phi) is 5.23. The molecule has 0 saturated carbocycles. The molecule has 0 fully saturated rings. The third kappa shape index (κ3) is 4.21. The molecule has 0 saturated heterocycles. The predicted octanol–water partition coefficient (Wildman–Crippen LogP) is 4.59. The number of allylic oxidation sites excluding steroid dienone is 1. The Morgan fingerprint density at radius 3 is 2.85 bits per heavy atom. The summed E-state index contributed by atoms with van der Waals surface area (Å²) in [5, 5.41) is 4.14. The Morgan fingerprint density at radius 1 is 1.35 bits per heavy atom. The topological polar surface area (TPSA) is 57.3 Å². The molecule has 0 N–H and O–H groups in total. The van der Waals surface area contributed by atoms with E-state index in [1.54, 1.807) is 31.3 Å². The van der Waals surface area contributed by atoms with Gasteiger partial charge in [-0.05, 0) is 49.4 Å². The molecule has 2 heterocycles. The number of ketones is 1. The quantitative estimate of drug-likeness (QED) is 0.467. The highest BCUT2D eigenvalue weighted by Crippen LogP contribution is 2.22. The van der Waals surface area contributed by atoms with Gasteiger partial charge in [-0.3, -0.25) is 9.48 Å². The first kappa shape index (κ1) is 17.9. The summed E-state index contributed by atoms with van der Waals surface area (Å²) in [4.78, 5) is 12.2. The van der Waals surface area contributed by atoms with Gasteiger partial charge in [0.1, 0.15) is 35.4 Å². The molecule has 3 aromatic rings. The molecular formula is C19H16ClFN2O3. The highest BCUT2D eigenvalue weighted by atomic mass is 35.5. The summed E-state index contributed by atoms with van der Waals surface area (Å²) < 4.78 is 25.8. The van der Waals surface area contributed by atoms with Crippen molar-refractivity contribution in [2.24, 2.45) is 7.05 Å². The van der Waals surface area contributed by atoms with Crippen LogP contribution in [-0.4, -0.2) is 15.6 Å². The summed E-state index contributed by atoms with van der Waals surface area (Å²) in [6.07, 6.45) is 3.02. The van der Waals surface area contributed by atoms with Gasteiger partial charge < -0.3 is 9.15 Å². The van der Waals surface area contributed by atoms with Gasteiger partial charge in [0.2, 0.25) is 5.78 Å². The number of benzene rings is 1. The zero-order chi connectivity index (χ0) is 18.7. The lowest BCUT2D eigenvalue weighted by Gasteiger charge is -2.04. The smallest absolute Gasteiger partial charge is 0.203 e. The van der Waals surface area contributed by atoms with Crippen LogP contribution in [0.4, 0.5) is 4.39 Å². The summed E-state index contributed by atoms with van der Waals surface area (Å²) in [7, 11) is 1.72. The third-order valence-corrected chi connectivity index (χ3v) is 3.90. The molecule has 0 bridgehead atoms. The molecule has 0 amide bonds. The van der Waals surface area contributed by atoms with E-state index in [-0.39, 0.29) is 17.4 Å². The van der Waals surface area contributed by atoms with Gasteiger partial charge in [-0.25, -0.2) is 4.39 Å². The fourth-order valence-corrected chi connectivity index (χ4v) is 2.54. The van der Waals surface area contributed by atoms with Gasteiger partial charge >= 0.3 is 0 Å². The van der Waals surface area contributed by atoms with Crippen molar-refractivity contribution in [1.29, 1.82) is 0 Å². The minimum absolute atomic E-state index is 0.00511. The van der Waals surface area contributed by atoms with Gasteiger partial charge in [-0.2, -0.15) is 5.10 Å². The van der Waals surface area contributed by atoms with E-state index in [9.17, 15) is 9.18 Å². The van der Waals surface area contributed by atoms with Crippen LogP contribution in [0.2, 0.25) is 5.02 Å². The number of nitrogens with zero attached hydrogens (tertiary/aromatic N) is 2. The number of carbonyl (C=O) groups excluding carboxylic acids is 1. The van der Waals surface area contributed by atoms with Crippen LogP contribution in [0.15, 0.2) is 46.9 Å². The number of hydrogen-bond acceptors (Lipinski definition) is 4. The number of carbonyl (C=O) groups is 1. The lowest BCUT2D eigenvalue weighted by Crippen LogP contribution is -2.03. The molecule has 0 atom stereocenters. The van der Waals surface area contributed by atoms with Gasteiger partial charge in [0.05, 0.1) is 10.7 Å². The average Bonchev–Trinajstić information content (AvgIpc) is 3.19. The Hall–Kier alpha value is -2.86. The van der Waals surface area contributed by atoms with Crippen molar-refractivity contribution in [1.82, 2.24) is 9.78 Å². The predicted molar refractivity (Wildman–Crippen MR) is 95.8 cm³/mol. The van der Waals surface area contributed by atoms with E-state index >= 15 is 0 Å². The highest BCUT2D eigenvalue weighted by molar-refractivity contribution is 6.30. The van der Waals surface area contributed by atoms with Crippen LogP contribution >= 0.6 is 11.6 Å². The van der Waals surface area contributed by atoms with E-state index in [1.807, 2.05) is 6.92 Å². The SMILES string of the molecule is Cc1cc(C(=O)/C=C/c2ccc(COc3ccc(F)c(Cl)c3)o2)n(C)n1. The van der Waals surface area contributed by atoms with Crippen LogP contribution in [0.1, 0.15) is 27.7 Å². The molecule has 0 radical (unpaired) electrons. The van der Waals surface area contributed by atoms with Crippen LogP contribution in [0.5, 0.6) is 5.75 Å². The summed E-state index contributed by atoms with van der Waals surface area (Å²) in [6, 6.07) is 9.31. The van der Waals surface area contributed by atoms with Gasteiger partial charge in [-0.15, -0.1) is 0 Å². The van der Waals surface area contributed by atoms with E-state index in [0.717, 1.165) is 5.69 Å². The molecule has 7 heteroatoms. The summed E-state index contributed by atoms with van der Waals surface area (Å²) in [6.45, 7) is 1.98. The second-order valence-electron chi connectivity index (χ2n) is 5.66. The largest absolute Gasteiger partial charge is 0.486 e. The van der Waals surface area contributed by atoms with Crippen molar-refractivity contribution >= 4 is 23.5 Å². The minimum atomic E-state index is -0.502. The molecule has 3 rings (SSSR count). The number of furan rings is 1. The fraction of sp³-hybridized carbons (Fsp3) is 0.158. The number of halogens is 2. The van der Waals surface area contributed by atoms with E-state index < -0.39 is 5.82 Å². The zero-order valence-corrected chi connectivity index (χ0v) is 15.0. The number of aromatic nitrogens is 2. The molecule has 1 aromatic carbocycles. The molecule has 0 aliphatic heterocycles. The van der Waals surface area contributed by atoms with Crippen LogP contribution in [0, 0.1) is 12.7 Å². The van der Waals surface area contributed by atoms with Crippen LogP contribution in [-0.2, 0) is 13.7 Å². The standard InChI is InChI=1S/C19H16ClFN2O3/c1-12-9-18(23(2)22-12)19(24)8-6-13-3-4-15(26-13)11-25-14-5-7-17(21)16(20)10-14/h3-10H,11H2,1-2H3/b8-6+. The average molecular weight is 375 g/mol. The maximum atomic E-state index is 13.1. The second-order valence-corrected chi connectivity index (χ2v) is 6.07. The van der Waals surface area contributed by atoms with Crippen molar-refractivity contribution < 1.29 is 18.3 Å². The first-order valence-corrected chi connectivity index (χ1v) is 8.20. The first-order valence-electron chi connectivity index (χ1n) is 7.82. The van der Waals surface area contributed by atoms with Crippen molar-refractivity contribution in [2.45, 2.75) is 13.5 Å². The molecular weight excluding hydrogens is 359 g/mol. The maximum absolute atomic E-state index is 13.1. The second kappa shape index (κ2) is 7.58. The maximum Gasteiger partial charge on any atom is 0.203 e. The lowest BCUT2D eigenvalue weighted by atomic mass is 10.2.